The Morgan fingerprint density at radius 2 is 1.23 bits per heavy atom. The molecule has 0 spiro atoms. The van der Waals surface area contributed by atoms with Gasteiger partial charge in [0.2, 0.25) is 5.69 Å². The molecule has 5 aromatic rings. The first-order chi connectivity index (χ1) is 35.2. The van der Waals surface area contributed by atoms with E-state index in [1.807, 2.05) is 0 Å². The third-order valence-corrected chi connectivity index (χ3v) is 17.8. The normalized spacial score (nSPS) is 16.1. The topological polar surface area (TPSA) is 390 Å². The fourth-order valence-electron chi connectivity index (χ4n) is 9.99. The number of hydrogen-bond acceptors (Lipinski definition) is 19. The first-order valence-corrected chi connectivity index (χ1v) is 31.2. The van der Waals surface area contributed by atoms with Crippen molar-refractivity contribution < 1.29 is 190 Å². The van der Waals surface area contributed by atoms with Crippen LogP contribution in [0.4, 0.5) is 15.8 Å². The number of rotatable bonds is 19. The van der Waals surface area contributed by atoms with Crippen LogP contribution in [-0.2, 0) is 76.3 Å². The number of halogens is 1. The minimum absolute atomic E-state index is 0. The number of benzene rings is 5. The number of nitrogens with zero attached hydrogens (tertiary/aromatic N) is 2. The molecule has 5 aromatic carbocycles. The average molecular weight is 1250 g/mol. The van der Waals surface area contributed by atoms with Gasteiger partial charge in [0, 0.05) is 69.9 Å². The van der Waals surface area contributed by atoms with Crippen LogP contribution in [0.3, 0.4) is 0 Å². The molecule has 0 aliphatic carbocycles. The summed E-state index contributed by atoms with van der Waals surface area (Å²) in [6.45, 7) is 4.79. The van der Waals surface area contributed by atoms with Crippen LogP contribution in [0, 0.1) is 5.82 Å². The van der Waals surface area contributed by atoms with Crippen LogP contribution >= 0.6 is 0 Å². The van der Waals surface area contributed by atoms with Gasteiger partial charge in [-0.2, -0.15) is 21.4 Å². The van der Waals surface area contributed by atoms with Crippen LogP contribution in [-0.4, -0.2) is 130 Å². The van der Waals surface area contributed by atoms with Gasteiger partial charge in [-0.3, -0.25) is 9.11 Å². The second-order valence-electron chi connectivity index (χ2n) is 18.8. The number of carbonyl (C=O) groups is 1. The van der Waals surface area contributed by atoms with Crippen LogP contribution in [0.2, 0.25) is 0 Å². The minimum atomic E-state index is -5.43. The molecule has 7 rings (SSSR count). The smallest absolute Gasteiger partial charge is 0.748 e. The summed E-state index contributed by atoms with van der Waals surface area (Å²) in [6.07, 6.45) is 4.96. The Kier molecular flexibility index (Phi) is 21.6. The Balaban J connectivity index is 0.00000459. The molecule has 33 heteroatoms. The van der Waals surface area contributed by atoms with Crippen molar-refractivity contribution in [3.05, 3.63) is 119 Å². The van der Waals surface area contributed by atoms with E-state index in [1.165, 1.54) is 64.1 Å². The van der Waals surface area contributed by atoms with Crippen molar-refractivity contribution in [2.45, 2.75) is 70.9 Å². The number of aliphatic carboxylic acids is 1. The predicted molar refractivity (Wildman–Crippen MR) is 270 cm³/mol. The van der Waals surface area contributed by atoms with E-state index in [1.54, 1.807) is 27.7 Å². The maximum absolute atomic E-state index is 15.8. The number of allylic oxidation sites excluding steroid dienone is 6. The van der Waals surface area contributed by atoms with Crippen LogP contribution in [0.1, 0.15) is 57.2 Å². The van der Waals surface area contributed by atoms with Gasteiger partial charge in [-0.1, -0.05) is 32.1 Å². The SMILES string of the molecule is CC1(C)C(/C(=C/C=C\C=C2\N(CCCS(=O)(=O)[O-])c3ccc4c(S(=O)(=O)[O-])cc(S(=O)(=O)[O-])cc4c3C2(C)C)c2cc(F)cc(OCC(=O)O)c2)=[N+](CCCS(=O)(=O)[O-])c2ccc3c(S(=O)(=O)O)cc(S(=O)(=O)O)cc3c21.[Na+].[Na+].[Na+]. The predicted octanol–water partition coefficient (Wildman–Crippen LogP) is -4.52. The molecule has 2 aliphatic heterocycles. The Labute approximate surface area is 527 Å². The number of carboxylic acids is 1. The second-order valence-corrected chi connectivity index (χ2v) is 27.4. The van der Waals surface area contributed by atoms with Crippen LogP contribution < -0.4 is 98.3 Å². The molecule has 0 fully saturated rings. The minimum Gasteiger partial charge on any atom is -0.748 e. The summed E-state index contributed by atoms with van der Waals surface area (Å²) in [7, 11) is -30.9. The van der Waals surface area contributed by atoms with Crippen molar-refractivity contribution in [2.24, 2.45) is 0 Å². The summed E-state index contributed by atoms with van der Waals surface area (Å²) >= 11 is 0. The molecule has 0 bridgehead atoms. The number of ether oxygens (including phenoxy) is 1. The Morgan fingerprint density at radius 1 is 0.662 bits per heavy atom. The fraction of sp³-hybridized carbons (Fsp3) is 0.277. The first kappa shape index (κ1) is 69.5. The molecule has 414 valence electrons. The number of fused-ring (bicyclic) bond motifs is 6. The summed E-state index contributed by atoms with van der Waals surface area (Å²) in [4.78, 5) is 9.10. The van der Waals surface area contributed by atoms with Gasteiger partial charge in [-0.05, 0) is 108 Å². The molecule has 0 atom stereocenters. The monoisotopic (exact) mass is 1250 g/mol. The zero-order chi connectivity index (χ0) is 57.4. The molecule has 2 heterocycles. The third kappa shape index (κ3) is 15.1. The summed E-state index contributed by atoms with van der Waals surface area (Å²) in [6, 6.07) is 11.0. The van der Waals surface area contributed by atoms with Crippen LogP contribution in [0.15, 0.2) is 116 Å². The Hall–Kier alpha value is -3.03. The number of anilines is 1. The van der Waals surface area contributed by atoms with E-state index in [2.05, 4.69) is 0 Å². The molecule has 0 aromatic heterocycles. The summed E-state index contributed by atoms with van der Waals surface area (Å²) in [5, 5.41) is 8.55. The maximum Gasteiger partial charge on any atom is 1.00 e. The molecule has 0 saturated heterocycles. The maximum atomic E-state index is 15.8. The van der Waals surface area contributed by atoms with Gasteiger partial charge in [0.05, 0.1) is 40.3 Å². The van der Waals surface area contributed by atoms with E-state index in [9.17, 15) is 87.7 Å². The summed E-state index contributed by atoms with van der Waals surface area (Å²) < 4.78 is 240. The van der Waals surface area contributed by atoms with Gasteiger partial charge >= 0.3 is 94.6 Å². The zero-order valence-corrected chi connectivity index (χ0v) is 54.4. The van der Waals surface area contributed by atoms with Crippen molar-refractivity contribution in [3.8, 4) is 5.75 Å². The standard InChI is InChI=1S/C47H47FN2O21S6.3Na/c1-46(2)41(49(15-7-17-72(53,54)55)37-13-11-33-35(43(37)46)22-30(74(59,60)61)24-39(33)76(65,66)67)10-6-5-9-32(27-19-28(48)21-29(20-27)71-26-42(51)52)45-47(3,4)44-36-23-31(75(62,63)64)25-40(77(68,69)70)34(36)12-14-38(44)50(45)16-8-18-73(56,57)58;;;/h5-6,9-14,19-25H,7-8,15-18,26H2,1-4H3,(H6-,51,52,53,54,55,56,57,58,59,60,61,62,63,64,65,66,67,68,69,70);;;/q;3*+1/p-3. The van der Waals surface area contributed by atoms with E-state index in [-0.39, 0.29) is 187 Å². The van der Waals surface area contributed by atoms with Gasteiger partial charge in [0.1, 0.15) is 43.2 Å². The molecule has 0 radical (unpaired) electrons. The van der Waals surface area contributed by atoms with Crippen molar-refractivity contribution in [1.29, 1.82) is 0 Å². The van der Waals surface area contributed by atoms with Crippen molar-refractivity contribution >= 4 is 111 Å². The van der Waals surface area contributed by atoms with E-state index in [0.717, 1.165) is 24.3 Å². The molecule has 2 aliphatic rings. The van der Waals surface area contributed by atoms with Gasteiger partial charge in [-0.15, -0.1) is 0 Å². The van der Waals surface area contributed by atoms with E-state index in [4.69, 9.17) is 4.74 Å². The molecular weight excluding hydrogens is 1210 g/mol. The first-order valence-electron chi connectivity index (χ1n) is 22.4. The molecule has 0 unspecified atom stereocenters. The molecule has 23 nitrogen and oxygen atoms in total. The number of hydrogen-bond donors (Lipinski definition) is 3. The number of carboxylic acid groups (broad SMARTS) is 1. The van der Waals surface area contributed by atoms with Crippen LogP contribution in [0.5, 0.6) is 5.75 Å². The quantitative estimate of drug-likeness (QED) is 0.0303. The van der Waals surface area contributed by atoms with E-state index in [0.29, 0.717) is 12.1 Å². The fourth-order valence-corrected chi connectivity index (χ4v) is 13.6. The second kappa shape index (κ2) is 24.9. The molecule has 0 saturated carbocycles. The Bertz CT molecular complexity index is 4220. The van der Waals surface area contributed by atoms with E-state index < -0.39 is 121 Å². The Morgan fingerprint density at radius 3 is 1.79 bits per heavy atom. The van der Waals surface area contributed by atoms with Gasteiger partial charge in [0.15, 0.2) is 12.3 Å². The molecular formula is C47H44FN2Na3O21S6. The van der Waals surface area contributed by atoms with Crippen molar-refractivity contribution in [1.82, 2.24) is 0 Å². The summed E-state index contributed by atoms with van der Waals surface area (Å²) in [5.74, 6) is -4.51. The summed E-state index contributed by atoms with van der Waals surface area (Å²) in [5.41, 5.74) is -1.93. The molecule has 0 amide bonds. The van der Waals surface area contributed by atoms with Crippen molar-refractivity contribution in [3.63, 3.8) is 0 Å². The van der Waals surface area contributed by atoms with Gasteiger partial charge in [-0.25, -0.2) is 42.9 Å². The van der Waals surface area contributed by atoms with Gasteiger partial charge < -0.3 is 33.0 Å². The third-order valence-electron chi connectivity index (χ3n) is 12.8. The molecule has 3 N–H and O–H groups in total. The van der Waals surface area contributed by atoms with Gasteiger partial charge in [0.25, 0.3) is 20.2 Å². The molecule has 80 heavy (non-hydrogen) atoms. The zero-order valence-electron chi connectivity index (χ0n) is 43.5. The average Bonchev–Trinajstić information content (AvgIpc) is 3.63. The largest absolute Gasteiger partial charge is 1.00 e. The van der Waals surface area contributed by atoms with Crippen molar-refractivity contribution in [2.75, 3.05) is 36.1 Å². The van der Waals surface area contributed by atoms with Crippen LogP contribution in [0.25, 0.3) is 27.1 Å². The van der Waals surface area contributed by atoms with E-state index >= 15 is 4.39 Å².